The first-order chi connectivity index (χ1) is 8.26. The molecule has 0 radical (unpaired) electrons. The predicted molar refractivity (Wildman–Crippen MR) is 63.2 cm³/mol. The van der Waals surface area contributed by atoms with Crippen LogP contribution in [0.5, 0.6) is 0 Å². The van der Waals surface area contributed by atoms with E-state index < -0.39 is 0 Å². The number of allylic oxidation sites excluding steroid dienone is 1. The van der Waals surface area contributed by atoms with Crippen molar-refractivity contribution in [3.8, 4) is 6.07 Å². The van der Waals surface area contributed by atoms with Gasteiger partial charge in [-0.1, -0.05) is 0 Å². The number of aromatic nitrogens is 2. The van der Waals surface area contributed by atoms with Crippen molar-refractivity contribution >= 4 is 17.5 Å². The number of pyridine rings is 1. The maximum absolute atomic E-state index is 11.6. The Morgan fingerprint density at radius 3 is 3.18 bits per heavy atom. The van der Waals surface area contributed by atoms with E-state index in [-0.39, 0.29) is 5.91 Å². The summed E-state index contributed by atoms with van der Waals surface area (Å²) in [6.07, 6.45) is 4.70. The molecule has 0 fully saturated rings. The number of amides is 1. The minimum absolute atomic E-state index is 0.161. The lowest BCUT2D eigenvalue weighted by Crippen LogP contribution is -2.18. The fourth-order valence-electron chi connectivity index (χ4n) is 1.57. The van der Waals surface area contributed by atoms with Crippen LogP contribution in [-0.4, -0.2) is 22.6 Å². The van der Waals surface area contributed by atoms with E-state index in [2.05, 4.69) is 10.4 Å². The van der Waals surface area contributed by atoms with Crippen LogP contribution in [0.25, 0.3) is 11.6 Å². The Labute approximate surface area is 98.0 Å². The summed E-state index contributed by atoms with van der Waals surface area (Å²) in [7, 11) is 1.58. The topological polar surface area (TPSA) is 70.2 Å². The van der Waals surface area contributed by atoms with Gasteiger partial charge in [0.1, 0.15) is 0 Å². The molecule has 0 aliphatic rings. The molecule has 2 aromatic rings. The van der Waals surface area contributed by atoms with E-state index in [1.165, 1.54) is 6.08 Å². The number of hydrogen-bond donors (Lipinski definition) is 1. The average Bonchev–Trinajstić information content (AvgIpc) is 2.77. The second-order valence-electron chi connectivity index (χ2n) is 3.36. The Hall–Kier alpha value is -2.61. The summed E-state index contributed by atoms with van der Waals surface area (Å²) in [5, 5.41) is 15.2. The molecule has 1 amide bonds. The quantitative estimate of drug-likeness (QED) is 0.783. The molecule has 2 heterocycles. The lowest BCUT2D eigenvalue weighted by atomic mass is 10.2. The van der Waals surface area contributed by atoms with Crippen molar-refractivity contribution in [2.24, 2.45) is 0 Å². The second-order valence-corrected chi connectivity index (χ2v) is 3.36. The third-order valence-electron chi connectivity index (χ3n) is 2.32. The van der Waals surface area contributed by atoms with Crippen LogP contribution in [0.15, 0.2) is 30.5 Å². The fourth-order valence-corrected chi connectivity index (χ4v) is 1.57. The first kappa shape index (κ1) is 10.9. The van der Waals surface area contributed by atoms with Crippen LogP contribution in [0.1, 0.15) is 16.1 Å². The number of nitrogens with one attached hydrogen (secondary N) is 1. The molecule has 0 saturated carbocycles. The van der Waals surface area contributed by atoms with Crippen molar-refractivity contribution in [3.05, 3.63) is 41.7 Å². The minimum atomic E-state index is -0.161. The number of hydrogen-bond acceptors (Lipinski definition) is 3. The maximum Gasteiger partial charge on any atom is 0.253 e. The van der Waals surface area contributed by atoms with Gasteiger partial charge in [-0.25, -0.2) is 4.52 Å². The monoisotopic (exact) mass is 226 g/mol. The molecular formula is C12H10N4O. The van der Waals surface area contributed by atoms with Crippen LogP contribution >= 0.6 is 0 Å². The zero-order chi connectivity index (χ0) is 12.3. The third-order valence-corrected chi connectivity index (χ3v) is 2.32. The van der Waals surface area contributed by atoms with E-state index in [9.17, 15) is 4.79 Å². The van der Waals surface area contributed by atoms with Gasteiger partial charge in [0.05, 0.1) is 22.8 Å². The predicted octanol–water partition coefficient (Wildman–Crippen LogP) is 1.23. The summed E-state index contributed by atoms with van der Waals surface area (Å²) in [4.78, 5) is 11.6. The molecule has 0 aliphatic heterocycles. The van der Waals surface area contributed by atoms with Crippen LogP contribution < -0.4 is 5.32 Å². The lowest BCUT2D eigenvalue weighted by Gasteiger charge is -2.00. The molecule has 0 saturated heterocycles. The average molecular weight is 226 g/mol. The van der Waals surface area contributed by atoms with Gasteiger partial charge in [-0.2, -0.15) is 10.4 Å². The Balaban J connectivity index is 2.57. The molecule has 0 spiro atoms. The van der Waals surface area contributed by atoms with E-state index in [0.29, 0.717) is 16.8 Å². The molecular weight excluding hydrogens is 216 g/mol. The molecule has 5 nitrogen and oxygen atoms in total. The molecule has 2 rings (SSSR count). The van der Waals surface area contributed by atoms with Crippen LogP contribution in [0.3, 0.4) is 0 Å². The molecule has 17 heavy (non-hydrogen) atoms. The largest absolute Gasteiger partial charge is 0.355 e. The summed E-state index contributed by atoms with van der Waals surface area (Å²) in [5.41, 5.74) is 1.91. The van der Waals surface area contributed by atoms with Gasteiger partial charge in [0.2, 0.25) is 0 Å². The summed E-state index contributed by atoms with van der Waals surface area (Å²) >= 11 is 0. The van der Waals surface area contributed by atoms with Gasteiger partial charge in [-0.3, -0.25) is 4.79 Å². The van der Waals surface area contributed by atoms with E-state index >= 15 is 0 Å². The fraction of sp³-hybridized carbons (Fsp3) is 0.0833. The summed E-state index contributed by atoms with van der Waals surface area (Å²) in [5.74, 6) is -0.161. The first-order valence-corrected chi connectivity index (χ1v) is 5.03. The Kier molecular flexibility index (Phi) is 2.88. The van der Waals surface area contributed by atoms with Gasteiger partial charge in [-0.05, 0) is 24.3 Å². The van der Waals surface area contributed by atoms with Gasteiger partial charge in [-0.15, -0.1) is 0 Å². The number of fused-ring (bicyclic) bond motifs is 1. The summed E-state index contributed by atoms with van der Waals surface area (Å²) in [6, 6.07) is 7.14. The number of nitrogens with zero attached hydrogens (tertiary/aromatic N) is 3. The molecule has 0 aromatic carbocycles. The number of carbonyl (C=O) groups is 1. The minimum Gasteiger partial charge on any atom is -0.355 e. The second kappa shape index (κ2) is 4.49. The highest BCUT2D eigenvalue weighted by molar-refractivity contribution is 6.00. The number of rotatable bonds is 2. The number of carbonyl (C=O) groups excluding carboxylic acids is 1. The van der Waals surface area contributed by atoms with Gasteiger partial charge in [0, 0.05) is 19.3 Å². The molecule has 0 atom stereocenters. The van der Waals surface area contributed by atoms with E-state index in [1.807, 2.05) is 6.07 Å². The lowest BCUT2D eigenvalue weighted by molar-refractivity contribution is 0.0964. The molecule has 0 aliphatic carbocycles. The third kappa shape index (κ3) is 2.01. The Morgan fingerprint density at radius 1 is 1.65 bits per heavy atom. The van der Waals surface area contributed by atoms with Gasteiger partial charge >= 0.3 is 0 Å². The maximum atomic E-state index is 11.6. The molecule has 2 aromatic heterocycles. The highest BCUT2D eigenvalue weighted by Crippen LogP contribution is 2.13. The van der Waals surface area contributed by atoms with E-state index in [4.69, 9.17) is 5.26 Å². The van der Waals surface area contributed by atoms with E-state index in [1.54, 1.807) is 42.0 Å². The van der Waals surface area contributed by atoms with Gasteiger partial charge in [0.15, 0.2) is 0 Å². The number of nitriles is 1. The Morgan fingerprint density at radius 2 is 2.47 bits per heavy atom. The van der Waals surface area contributed by atoms with Crippen molar-refractivity contribution in [1.29, 1.82) is 5.26 Å². The van der Waals surface area contributed by atoms with Gasteiger partial charge in [0.25, 0.3) is 5.91 Å². The van der Waals surface area contributed by atoms with Crippen LogP contribution in [0.4, 0.5) is 0 Å². The van der Waals surface area contributed by atoms with Crippen LogP contribution in [0.2, 0.25) is 0 Å². The van der Waals surface area contributed by atoms with Crippen LogP contribution in [-0.2, 0) is 0 Å². The van der Waals surface area contributed by atoms with E-state index in [0.717, 1.165) is 0 Å². The van der Waals surface area contributed by atoms with Crippen molar-refractivity contribution in [2.45, 2.75) is 0 Å². The van der Waals surface area contributed by atoms with Crippen molar-refractivity contribution in [3.63, 3.8) is 0 Å². The van der Waals surface area contributed by atoms with Crippen LogP contribution in [0, 0.1) is 11.3 Å². The smallest absolute Gasteiger partial charge is 0.253 e. The molecule has 0 unspecified atom stereocenters. The molecule has 1 N–H and O–H groups in total. The Bertz CT molecular complexity index is 633. The molecule has 0 bridgehead atoms. The highest BCUT2D eigenvalue weighted by atomic mass is 16.1. The molecule has 84 valence electrons. The normalized spacial score (nSPS) is 10.6. The first-order valence-electron chi connectivity index (χ1n) is 5.03. The van der Waals surface area contributed by atoms with Crippen molar-refractivity contribution in [2.75, 3.05) is 7.05 Å². The zero-order valence-corrected chi connectivity index (χ0v) is 9.21. The summed E-state index contributed by atoms with van der Waals surface area (Å²) < 4.78 is 1.61. The van der Waals surface area contributed by atoms with Crippen molar-refractivity contribution < 1.29 is 4.79 Å². The van der Waals surface area contributed by atoms with Gasteiger partial charge < -0.3 is 5.32 Å². The molecule has 5 heteroatoms. The highest BCUT2D eigenvalue weighted by Gasteiger charge is 2.09. The summed E-state index contributed by atoms with van der Waals surface area (Å²) in [6.45, 7) is 0. The standard InChI is InChI=1S/C12H10N4O/c1-14-12(17)10-5-3-7-16-11(10)8-9(15-16)4-2-6-13/h2-5,7-8H,1H3,(H,14,17). The SMILES string of the molecule is CNC(=O)c1cccn2nc(C=CC#N)cc12. The zero-order valence-electron chi connectivity index (χ0n) is 9.21. The van der Waals surface area contributed by atoms with Crippen molar-refractivity contribution in [1.82, 2.24) is 14.9 Å².